The number of fused-ring (bicyclic) bond motifs is 1. The molecule has 2 aliphatic rings. The van der Waals surface area contributed by atoms with E-state index in [2.05, 4.69) is 4.98 Å². The number of carbonyl (C=O) groups is 2. The number of hydrogen-bond donors (Lipinski definition) is 1. The zero-order valence-electron chi connectivity index (χ0n) is 14.2. The van der Waals surface area contributed by atoms with E-state index >= 15 is 0 Å². The monoisotopic (exact) mass is 378 g/mol. The first-order valence-electron chi connectivity index (χ1n) is 8.74. The molecule has 27 heavy (non-hydrogen) atoms. The zero-order chi connectivity index (χ0) is 19.3. The van der Waals surface area contributed by atoms with Gasteiger partial charge < -0.3 is 10.0 Å². The molecule has 8 heteroatoms. The lowest BCUT2D eigenvalue weighted by atomic mass is 9.96. The predicted octanol–water partition coefficient (Wildman–Crippen LogP) is 3.45. The number of rotatable bonds is 3. The number of alkyl halides is 3. The minimum atomic E-state index is -4.67. The van der Waals surface area contributed by atoms with Crippen LogP contribution in [0.2, 0.25) is 0 Å². The first kappa shape index (κ1) is 17.8. The number of para-hydroxylation sites is 1. The molecular formula is C19H17F3N2O3. The minimum Gasteiger partial charge on any atom is -0.481 e. The fourth-order valence-corrected chi connectivity index (χ4v) is 3.68. The van der Waals surface area contributed by atoms with E-state index < -0.39 is 43.0 Å². The van der Waals surface area contributed by atoms with Crippen LogP contribution in [0.3, 0.4) is 0 Å². The summed E-state index contributed by atoms with van der Waals surface area (Å²) < 4.78 is 39.7. The van der Waals surface area contributed by atoms with Crippen LogP contribution in [0.1, 0.15) is 34.8 Å². The molecule has 2 fully saturated rings. The van der Waals surface area contributed by atoms with E-state index in [4.69, 9.17) is 5.11 Å². The molecule has 1 amide bonds. The predicted molar refractivity (Wildman–Crippen MR) is 90.3 cm³/mol. The van der Waals surface area contributed by atoms with E-state index in [0.29, 0.717) is 10.9 Å². The van der Waals surface area contributed by atoms with Gasteiger partial charge in [0.05, 0.1) is 22.9 Å². The average Bonchev–Trinajstić information content (AvgIpc) is 3.36. The highest BCUT2D eigenvalue weighted by atomic mass is 19.4. The zero-order valence-corrected chi connectivity index (χ0v) is 14.2. The van der Waals surface area contributed by atoms with Gasteiger partial charge in [0.15, 0.2) is 0 Å². The van der Waals surface area contributed by atoms with Gasteiger partial charge in [-0.25, -0.2) is 0 Å². The highest BCUT2D eigenvalue weighted by molar-refractivity contribution is 6.06. The second-order valence-corrected chi connectivity index (χ2v) is 7.19. The van der Waals surface area contributed by atoms with Crippen LogP contribution in [0.25, 0.3) is 10.9 Å². The van der Waals surface area contributed by atoms with Gasteiger partial charge in [-0.15, -0.1) is 0 Å². The average molecular weight is 378 g/mol. The van der Waals surface area contributed by atoms with E-state index in [1.807, 2.05) is 0 Å². The lowest BCUT2D eigenvalue weighted by Crippen LogP contribution is -2.34. The Morgan fingerprint density at radius 3 is 2.44 bits per heavy atom. The van der Waals surface area contributed by atoms with Gasteiger partial charge >= 0.3 is 12.1 Å². The van der Waals surface area contributed by atoms with Crippen molar-refractivity contribution in [1.82, 2.24) is 9.88 Å². The molecule has 1 saturated carbocycles. The van der Waals surface area contributed by atoms with Crippen LogP contribution < -0.4 is 0 Å². The van der Waals surface area contributed by atoms with Crippen molar-refractivity contribution in [3.8, 4) is 0 Å². The molecule has 2 atom stereocenters. The Morgan fingerprint density at radius 2 is 1.85 bits per heavy atom. The molecule has 0 spiro atoms. The lowest BCUT2D eigenvalue weighted by molar-refractivity contribution is -0.187. The third kappa shape index (κ3) is 3.24. The number of carboxylic acids is 1. The van der Waals surface area contributed by atoms with Gasteiger partial charge in [0.2, 0.25) is 0 Å². The highest BCUT2D eigenvalue weighted by Gasteiger charge is 2.53. The van der Waals surface area contributed by atoms with Crippen LogP contribution in [-0.2, 0) is 4.79 Å². The summed E-state index contributed by atoms with van der Waals surface area (Å²) in [6, 6.07) is 8.65. The number of benzene rings is 1. The minimum absolute atomic E-state index is 0.273. The fraction of sp³-hybridized carbons (Fsp3) is 0.421. The van der Waals surface area contributed by atoms with E-state index in [0.717, 1.165) is 23.4 Å². The summed E-state index contributed by atoms with van der Waals surface area (Å²) in [5.74, 6) is -5.55. The Balaban J connectivity index is 1.72. The molecule has 142 valence electrons. The summed E-state index contributed by atoms with van der Waals surface area (Å²) >= 11 is 0. The van der Waals surface area contributed by atoms with Crippen LogP contribution in [0.15, 0.2) is 30.3 Å². The summed E-state index contributed by atoms with van der Waals surface area (Å²) in [6.45, 7) is -1.09. The Kier molecular flexibility index (Phi) is 4.09. The molecule has 1 aromatic carbocycles. The van der Waals surface area contributed by atoms with Gasteiger partial charge in [-0.1, -0.05) is 18.2 Å². The molecule has 1 N–H and O–H groups in total. The molecular weight excluding hydrogens is 361 g/mol. The quantitative estimate of drug-likeness (QED) is 0.888. The van der Waals surface area contributed by atoms with Crippen molar-refractivity contribution in [3.63, 3.8) is 0 Å². The molecule has 0 unspecified atom stereocenters. The second-order valence-electron chi connectivity index (χ2n) is 7.19. The SMILES string of the molecule is O=C(O)[C@@H]1CN(C(=O)c2cc(C3CC3)nc3ccccc23)C[C@H]1C(F)(F)F. The number of carbonyl (C=O) groups excluding carboxylic acids is 1. The number of aromatic nitrogens is 1. The van der Waals surface area contributed by atoms with E-state index in [-0.39, 0.29) is 11.5 Å². The number of aliphatic carboxylic acids is 1. The molecule has 4 rings (SSSR count). The highest BCUT2D eigenvalue weighted by Crippen LogP contribution is 2.41. The largest absolute Gasteiger partial charge is 0.481 e. The second kappa shape index (κ2) is 6.21. The third-order valence-corrected chi connectivity index (χ3v) is 5.31. The molecule has 2 aromatic rings. The lowest BCUT2D eigenvalue weighted by Gasteiger charge is -2.19. The Labute approximate surface area is 152 Å². The number of pyridine rings is 1. The van der Waals surface area contributed by atoms with E-state index in [1.54, 1.807) is 30.3 Å². The number of likely N-dealkylation sites (tertiary alicyclic amines) is 1. The van der Waals surface area contributed by atoms with Gasteiger partial charge in [0.1, 0.15) is 0 Å². The first-order chi connectivity index (χ1) is 12.8. The van der Waals surface area contributed by atoms with Gasteiger partial charge in [-0.2, -0.15) is 13.2 Å². The van der Waals surface area contributed by atoms with Gasteiger partial charge in [-0.05, 0) is 25.0 Å². The smallest absolute Gasteiger partial charge is 0.394 e. The number of nitrogens with zero attached hydrogens (tertiary/aromatic N) is 2. The van der Waals surface area contributed by atoms with Crippen molar-refractivity contribution in [2.24, 2.45) is 11.8 Å². The molecule has 5 nitrogen and oxygen atoms in total. The molecule has 1 aromatic heterocycles. The van der Waals surface area contributed by atoms with Gasteiger partial charge in [-0.3, -0.25) is 14.6 Å². The molecule has 1 aliphatic carbocycles. The fourth-order valence-electron chi connectivity index (χ4n) is 3.68. The number of halogens is 3. The van der Waals surface area contributed by atoms with Crippen LogP contribution >= 0.6 is 0 Å². The molecule has 0 radical (unpaired) electrons. The van der Waals surface area contributed by atoms with E-state index in [1.165, 1.54) is 0 Å². The number of amides is 1. The van der Waals surface area contributed by atoms with Crippen molar-refractivity contribution in [2.45, 2.75) is 24.9 Å². The topological polar surface area (TPSA) is 70.5 Å². The van der Waals surface area contributed by atoms with Crippen molar-refractivity contribution < 1.29 is 27.9 Å². The molecule has 1 saturated heterocycles. The number of hydrogen-bond acceptors (Lipinski definition) is 3. The van der Waals surface area contributed by atoms with E-state index in [9.17, 15) is 22.8 Å². The summed E-state index contributed by atoms with van der Waals surface area (Å²) in [6.07, 6.45) is -2.72. The Hall–Kier alpha value is -2.64. The molecule has 2 heterocycles. The first-order valence-corrected chi connectivity index (χ1v) is 8.74. The van der Waals surface area contributed by atoms with Crippen molar-refractivity contribution >= 4 is 22.8 Å². The van der Waals surface area contributed by atoms with Gasteiger partial charge in [0.25, 0.3) is 5.91 Å². The van der Waals surface area contributed by atoms with Gasteiger partial charge in [0, 0.05) is 30.1 Å². The normalized spacial score (nSPS) is 23.0. The molecule has 1 aliphatic heterocycles. The van der Waals surface area contributed by atoms with Crippen LogP contribution in [0, 0.1) is 11.8 Å². The summed E-state index contributed by atoms with van der Waals surface area (Å²) in [7, 11) is 0. The molecule has 0 bridgehead atoms. The Morgan fingerprint density at radius 1 is 1.15 bits per heavy atom. The summed E-state index contributed by atoms with van der Waals surface area (Å²) in [4.78, 5) is 29.9. The maximum atomic E-state index is 13.2. The Bertz CT molecular complexity index is 924. The maximum absolute atomic E-state index is 13.2. The number of carboxylic acid groups (broad SMARTS) is 1. The van der Waals surface area contributed by atoms with Crippen LogP contribution in [-0.4, -0.2) is 46.1 Å². The standard InChI is InChI=1S/C19H17F3N2O3/c20-19(21,22)14-9-24(8-13(14)18(26)27)17(25)12-7-16(10-5-6-10)23-15-4-2-1-3-11(12)15/h1-4,7,10,13-14H,5-6,8-9H2,(H,26,27)/t13-,14-/m1/s1. The third-order valence-electron chi connectivity index (χ3n) is 5.31. The van der Waals surface area contributed by atoms with Crippen LogP contribution in [0.5, 0.6) is 0 Å². The maximum Gasteiger partial charge on any atom is 0.394 e. The summed E-state index contributed by atoms with van der Waals surface area (Å²) in [5.41, 5.74) is 1.67. The van der Waals surface area contributed by atoms with Crippen molar-refractivity contribution in [1.29, 1.82) is 0 Å². The van der Waals surface area contributed by atoms with Crippen molar-refractivity contribution in [3.05, 3.63) is 41.6 Å². The summed E-state index contributed by atoms with van der Waals surface area (Å²) in [5, 5.41) is 9.73. The van der Waals surface area contributed by atoms with Crippen molar-refractivity contribution in [2.75, 3.05) is 13.1 Å². The van der Waals surface area contributed by atoms with Crippen LogP contribution in [0.4, 0.5) is 13.2 Å².